The summed E-state index contributed by atoms with van der Waals surface area (Å²) >= 11 is 5.74. The Morgan fingerprint density at radius 2 is 1.85 bits per heavy atom. The zero-order valence-electron chi connectivity index (χ0n) is 7.37. The first-order valence-electron chi connectivity index (χ1n) is 4.30. The Morgan fingerprint density at radius 3 is 2.46 bits per heavy atom. The Bertz CT molecular complexity index is 264. The molecule has 0 fully saturated rings. The number of rotatable bonds is 4. The van der Waals surface area contributed by atoms with E-state index in [0.717, 1.165) is 17.9 Å². The molecule has 0 N–H and O–H groups in total. The lowest BCUT2D eigenvalue weighted by atomic mass is 10.1. The second-order valence-corrected chi connectivity index (χ2v) is 3.24. The van der Waals surface area contributed by atoms with Crippen molar-refractivity contribution in [2.45, 2.75) is 12.8 Å². The van der Waals surface area contributed by atoms with E-state index in [-0.39, 0.29) is 6.61 Å². The van der Waals surface area contributed by atoms with Crippen LogP contribution in [0, 0.1) is 0 Å². The second-order valence-electron chi connectivity index (χ2n) is 2.80. The minimum absolute atomic E-state index is 0.124. The normalized spacial score (nSPS) is 10.9. The van der Waals surface area contributed by atoms with Crippen LogP contribution >= 0.6 is 11.6 Å². The summed E-state index contributed by atoms with van der Waals surface area (Å²) in [5, 5.41) is 10.8. The van der Waals surface area contributed by atoms with E-state index in [1.165, 1.54) is 5.56 Å². The molecule has 69 valence electrons. The lowest BCUT2D eigenvalue weighted by Crippen LogP contribution is -1.82. The highest BCUT2D eigenvalue weighted by Gasteiger charge is 1.90. The van der Waals surface area contributed by atoms with Crippen molar-refractivity contribution in [1.82, 2.24) is 0 Å². The molecule has 0 saturated heterocycles. The molecule has 0 unspecified atom stereocenters. The average Bonchev–Trinajstić information content (AvgIpc) is 2.15. The van der Waals surface area contributed by atoms with E-state index in [4.69, 9.17) is 11.6 Å². The smallest absolute Gasteiger partial charge is 0.100 e. The highest BCUT2D eigenvalue weighted by Crippen LogP contribution is 2.10. The fourth-order valence-corrected chi connectivity index (χ4v) is 1.21. The molecule has 0 atom stereocenters. The number of aryl methyl sites for hydroxylation is 1. The molecule has 1 aromatic carbocycles. The SMILES string of the molecule is [O]CC=CCCc1ccc(Cl)cc1. The average molecular weight is 196 g/mol. The summed E-state index contributed by atoms with van der Waals surface area (Å²) < 4.78 is 0. The molecular weight excluding hydrogens is 184 g/mol. The molecule has 0 aliphatic rings. The maximum Gasteiger partial charge on any atom is 0.100 e. The van der Waals surface area contributed by atoms with Crippen molar-refractivity contribution < 1.29 is 5.11 Å². The molecule has 13 heavy (non-hydrogen) atoms. The van der Waals surface area contributed by atoms with Crippen molar-refractivity contribution in [2.24, 2.45) is 0 Å². The fraction of sp³-hybridized carbons (Fsp3) is 0.273. The van der Waals surface area contributed by atoms with Crippen LogP contribution in [-0.2, 0) is 11.5 Å². The summed E-state index contributed by atoms with van der Waals surface area (Å²) in [5.74, 6) is 0. The molecule has 1 aromatic rings. The number of allylic oxidation sites excluding steroid dienone is 1. The van der Waals surface area contributed by atoms with Crippen molar-refractivity contribution in [3.8, 4) is 0 Å². The molecule has 0 heterocycles. The van der Waals surface area contributed by atoms with Gasteiger partial charge in [-0.25, -0.2) is 5.11 Å². The molecule has 0 bridgehead atoms. The maximum atomic E-state index is 10.1. The molecular formula is C11H12ClO. The third-order valence-corrected chi connectivity index (χ3v) is 2.03. The van der Waals surface area contributed by atoms with Crippen LogP contribution in [-0.4, -0.2) is 6.61 Å². The molecule has 2 heteroatoms. The minimum atomic E-state index is -0.124. The predicted molar refractivity (Wildman–Crippen MR) is 54.5 cm³/mol. The molecule has 0 amide bonds. The van der Waals surface area contributed by atoms with Gasteiger partial charge in [0.1, 0.15) is 6.61 Å². The van der Waals surface area contributed by atoms with Crippen LogP contribution in [0.5, 0.6) is 0 Å². The lowest BCUT2D eigenvalue weighted by Gasteiger charge is -1.97. The number of halogens is 1. The van der Waals surface area contributed by atoms with Gasteiger partial charge in [0.05, 0.1) is 0 Å². The van der Waals surface area contributed by atoms with Crippen molar-refractivity contribution in [3.05, 3.63) is 47.0 Å². The largest absolute Gasteiger partial charge is 0.232 e. The molecule has 1 rings (SSSR count). The van der Waals surface area contributed by atoms with Gasteiger partial charge in [0.2, 0.25) is 0 Å². The molecule has 1 nitrogen and oxygen atoms in total. The fourth-order valence-electron chi connectivity index (χ4n) is 1.09. The zero-order valence-corrected chi connectivity index (χ0v) is 8.13. The van der Waals surface area contributed by atoms with Crippen LogP contribution in [0.15, 0.2) is 36.4 Å². The van der Waals surface area contributed by atoms with Crippen molar-refractivity contribution in [3.63, 3.8) is 0 Å². The first kappa shape index (κ1) is 10.3. The summed E-state index contributed by atoms with van der Waals surface area (Å²) in [5.41, 5.74) is 1.25. The van der Waals surface area contributed by atoms with E-state index in [1.807, 2.05) is 30.3 Å². The van der Waals surface area contributed by atoms with E-state index in [0.29, 0.717) is 0 Å². The standard InChI is InChI=1S/C11H12ClO/c12-11-7-5-10(6-8-11)4-2-1-3-9-13/h1,3,5-8H,2,4,9H2. The zero-order chi connectivity index (χ0) is 9.52. The molecule has 0 saturated carbocycles. The van der Waals surface area contributed by atoms with Gasteiger partial charge in [-0.3, -0.25) is 0 Å². The van der Waals surface area contributed by atoms with Gasteiger partial charge in [-0.1, -0.05) is 35.9 Å². The first-order valence-corrected chi connectivity index (χ1v) is 4.68. The topological polar surface area (TPSA) is 19.9 Å². The van der Waals surface area contributed by atoms with Crippen LogP contribution in [0.1, 0.15) is 12.0 Å². The second kappa shape index (κ2) is 5.79. The van der Waals surface area contributed by atoms with E-state index < -0.39 is 0 Å². The number of benzene rings is 1. The minimum Gasteiger partial charge on any atom is -0.232 e. The van der Waals surface area contributed by atoms with Gasteiger partial charge in [0.25, 0.3) is 0 Å². The van der Waals surface area contributed by atoms with E-state index in [9.17, 15) is 5.11 Å². The van der Waals surface area contributed by atoms with Crippen molar-refractivity contribution in [1.29, 1.82) is 0 Å². The van der Waals surface area contributed by atoms with Gasteiger partial charge in [0, 0.05) is 5.02 Å². The molecule has 1 radical (unpaired) electrons. The van der Waals surface area contributed by atoms with Gasteiger partial charge in [0.15, 0.2) is 0 Å². The Hall–Kier alpha value is -0.790. The van der Waals surface area contributed by atoms with Gasteiger partial charge in [-0.05, 0) is 30.5 Å². The third kappa shape index (κ3) is 4.11. The summed E-state index contributed by atoms with van der Waals surface area (Å²) in [6.45, 7) is -0.124. The highest BCUT2D eigenvalue weighted by molar-refractivity contribution is 6.30. The molecule has 0 aliphatic carbocycles. The van der Waals surface area contributed by atoms with E-state index >= 15 is 0 Å². The Labute approximate surface area is 83.7 Å². The molecule has 0 spiro atoms. The van der Waals surface area contributed by atoms with Crippen LogP contribution in [0.4, 0.5) is 0 Å². The van der Waals surface area contributed by atoms with Gasteiger partial charge in [-0.2, -0.15) is 0 Å². The van der Waals surface area contributed by atoms with Crippen LogP contribution in [0.25, 0.3) is 0 Å². The van der Waals surface area contributed by atoms with Crippen molar-refractivity contribution >= 4 is 11.6 Å². The van der Waals surface area contributed by atoms with E-state index in [1.54, 1.807) is 6.08 Å². The van der Waals surface area contributed by atoms with Crippen molar-refractivity contribution in [2.75, 3.05) is 6.61 Å². The third-order valence-electron chi connectivity index (χ3n) is 1.78. The Kier molecular flexibility index (Phi) is 4.58. The maximum absolute atomic E-state index is 10.1. The summed E-state index contributed by atoms with van der Waals surface area (Å²) in [4.78, 5) is 0. The van der Waals surface area contributed by atoms with Crippen LogP contribution < -0.4 is 0 Å². The van der Waals surface area contributed by atoms with Crippen LogP contribution in [0.2, 0.25) is 5.02 Å². The summed E-state index contributed by atoms with van der Waals surface area (Å²) in [6.07, 6.45) is 5.45. The monoisotopic (exact) mass is 195 g/mol. The predicted octanol–water partition coefficient (Wildman–Crippen LogP) is 3.26. The van der Waals surface area contributed by atoms with Gasteiger partial charge in [-0.15, -0.1) is 0 Å². The van der Waals surface area contributed by atoms with Crippen LogP contribution in [0.3, 0.4) is 0 Å². The molecule has 0 aliphatic heterocycles. The lowest BCUT2D eigenvalue weighted by molar-refractivity contribution is 0.232. The summed E-state index contributed by atoms with van der Waals surface area (Å²) in [7, 11) is 0. The molecule has 0 aromatic heterocycles. The van der Waals surface area contributed by atoms with E-state index in [2.05, 4.69) is 0 Å². The van der Waals surface area contributed by atoms with Gasteiger partial charge < -0.3 is 0 Å². The number of hydrogen-bond acceptors (Lipinski definition) is 0. The quantitative estimate of drug-likeness (QED) is 0.658. The number of hydrogen-bond donors (Lipinski definition) is 0. The first-order chi connectivity index (χ1) is 6.33. The summed E-state index contributed by atoms with van der Waals surface area (Å²) in [6, 6.07) is 7.78. The van der Waals surface area contributed by atoms with Gasteiger partial charge >= 0.3 is 0 Å². The Balaban J connectivity index is 2.37. The Morgan fingerprint density at radius 1 is 1.15 bits per heavy atom. The highest BCUT2D eigenvalue weighted by atomic mass is 35.5.